The summed E-state index contributed by atoms with van der Waals surface area (Å²) in [5, 5.41) is 24.4. The normalized spacial score (nSPS) is 34.1. The minimum Gasteiger partial charge on any atom is -0.457 e. The van der Waals surface area contributed by atoms with Crippen molar-refractivity contribution in [2.75, 3.05) is 0 Å². The van der Waals surface area contributed by atoms with Crippen molar-refractivity contribution >= 4 is 29.2 Å². The predicted octanol–water partition coefficient (Wildman–Crippen LogP) is 5.51. The minimum atomic E-state index is -1.17. The summed E-state index contributed by atoms with van der Waals surface area (Å²) in [5.41, 5.74) is 1.71. The maximum absolute atomic E-state index is 13.0. The highest BCUT2D eigenvalue weighted by molar-refractivity contribution is 7.09. The first-order valence-corrected chi connectivity index (χ1v) is 13.7. The number of rotatable bonds is 2. The Morgan fingerprint density at radius 2 is 1.86 bits per heavy atom. The van der Waals surface area contributed by atoms with Crippen molar-refractivity contribution in [3.05, 3.63) is 33.8 Å². The lowest BCUT2D eigenvalue weighted by Gasteiger charge is -2.29. The second kappa shape index (κ2) is 14.0. The fourth-order valence-electron chi connectivity index (χ4n) is 4.73. The molecule has 0 saturated carbocycles. The van der Waals surface area contributed by atoms with Crippen LogP contribution in [0.5, 0.6) is 0 Å². The number of esters is 1. The fourth-order valence-corrected chi connectivity index (χ4v) is 5.30. The Hall–Kier alpha value is -1.83. The smallest absolute Gasteiger partial charge is 0.309 e. The highest BCUT2D eigenvalue weighted by Gasteiger charge is 2.34. The van der Waals surface area contributed by atoms with E-state index < -0.39 is 36.1 Å². The maximum atomic E-state index is 13.0. The number of hydrogen-bond donors (Lipinski definition) is 2. The van der Waals surface area contributed by atoms with Crippen LogP contribution in [0, 0.1) is 30.6 Å². The molecule has 0 amide bonds. The molecular weight excluding hydrogens is 462 g/mol. The van der Waals surface area contributed by atoms with E-state index in [0.29, 0.717) is 12.3 Å². The van der Waals surface area contributed by atoms with Crippen LogP contribution in [-0.2, 0) is 14.3 Å². The zero-order valence-corrected chi connectivity index (χ0v) is 22.9. The van der Waals surface area contributed by atoms with Crippen LogP contribution in [0.25, 0.3) is 6.08 Å². The van der Waals surface area contributed by atoms with Gasteiger partial charge in [0.25, 0.3) is 0 Å². The summed E-state index contributed by atoms with van der Waals surface area (Å²) in [7, 11) is 0. The van der Waals surface area contributed by atoms with Crippen LogP contribution in [-0.4, -0.2) is 45.3 Å². The number of thiazole rings is 1. The van der Waals surface area contributed by atoms with Gasteiger partial charge in [-0.3, -0.25) is 9.59 Å². The largest absolute Gasteiger partial charge is 0.457 e. The molecule has 1 aromatic rings. The van der Waals surface area contributed by atoms with Crippen LogP contribution in [0.1, 0.15) is 83.8 Å². The van der Waals surface area contributed by atoms with Crippen LogP contribution in [0.15, 0.2) is 23.1 Å². The van der Waals surface area contributed by atoms with Crippen molar-refractivity contribution in [2.45, 2.75) is 98.4 Å². The van der Waals surface area contributed by atoms with Gasteiger partial charge in [0.15, 0.2) is 0 Å². The molecule has 0 aliphatic carbocycles. The van der Waals surface area contributed by atoms with Crippen molar-refractivity contribution in [1.29, 1.82) is 0 Å². The molecule has 0 aromatic carbocycles. The molecule has 7 heteroatoms. The standard InChI is InChI=1S/C28H43NO5S/c1-17-11-9-7-8-10-12-25(18(2)14-23-16-35-22(6)29-23)34-26(31)15-24(30)20(4)28(33)21(5)27(32)19(3)13-17/h8,10,14,16-17,19-21,24-25,27,30,32H,7,9,11-13,15H2,1-6H3/b10-8-,18-14+/t17-,19+,20-,21-,24+,25+,27+/m1/s1. The Morgan fingerprint density at radius 1 is 1.14 bits per heavy atom. The number of hydrogen-bond acceptors (Lipinski definition) is 7. The number of carbonyl (C=O) groups excluding carboxylic acids is 2. The molecule has 0 radical (unpaired) electrons. The van der Waals surface area contributed by atoms with E-state index in [4.69, 9.17) is 4.74 Å². The molecule has 1 aliphatic heterocycles. The van der Waals surface area contributed by atoms with Crippen molar-refractivity contribution < 1.29 is 24.5 Å². The summed E-state index contributed by atoms with van der Waals surface area (Å²) >= 11 is 1.56. The zero-order valence-electron chi connectivity index (χ0n) is 22.1. The molecule has 1 aromatic heterocycles. The number of allylic oxidation sites excluding steroid dienone is 1. The molecule has 1 aliphatic rings. The molecule has 0 fully saturated rings. The van der Waals surface area contributed by atoms with Gasteiger partial charge in [0.05, 0.1) is 29.3 Å². The average Bonchev–Trinajstić information content (AvgIpc) is 3.21. The first kappa shape index (κ1) is 29.4. The predicted molar refractivity (Wildman–Crippen MR) is 141 cm³/mol. The third-order valence-corrected chi connectivity index (χ3v) is 7.89. The second-order valence-corrected chi connectivity index (χ2v) is 11.4. The second-order valence-electron chi connectivity index (χ2n) is 10.4. The summed E-state index contributed by atoms with van der Waals surface area (Å²) < 4.78 is 5.77. The highest BCUT2D eigenvalue weighted by Crippen LogP contribution is 2.27. The van der Waals surface area contributed by atoms with E-state index in [2.05, 4.69) is 18.0 Å². The van der Waals surface area contributed by atoms with Gasteiger partial charge in [-0.2, -0.15) is 0 Å². The molecule has 2 heterocycles. The molecule has 0 saturated heterocycles. The Bertz CT molecular complexity index is 892. The first-order valence-electron chi connectivity index (χ1n) is 12.8. The van der Waals surface area contributed by atoms with Gasteiger partial charge in [-0.15, -0.1) is 11.3 Å². The van der Waals surface area contributed by atoms with E-state index in [1.165, 1.54) is 0 Å². The van der Waals surface area contributed by atoms with Gasteiger partial charge in [-0.25, -0.2) is 4.98 Å². The molecule has 196 valence electrons. The number of aliphatic hydroxyl groups is 2. The quantitative estimate of drug-likeness (QED) is 0.406. The van der Waals surface area contributed by atoms with E-state index in [-0.39, 0.29) is 18.1 Å². The van der Waals surface area contributed by atoms with Crippen molar-refractivity contribution in [3.63, 3.8) is 0 Å². The summed E-state index contributed by atoms with van der Waals surface area (Å²) in [5.74, 6) is -1.74. The number of cyclic esters (lactones) is 1. The number of ketones is 1. The summed E-state index contributed by atoms with van der Waals surface area (Å²) in [4.78, 5) is 30.2. The van der Waals surface area contributed by atoms with Gasteiger partial charge in [-0.05, 0) is 56.6 Å². The van der Waals surface area contributed by atoms with Gasteiger partial charge >= 0.3 is 5.97 Å². The van der Waals surface area contributed by atoms with E-state index in [9.17, 15) is 19.8 Å². The monoisotopic (exact) mass is 505 g/mol. The summed E-state index contributed by atoms with van der Waals surface area (Å²) in [6, 6.07) is 0. The van der Waals surface area contributed by atoms with Crippen LogP contribution in [0.2, 0.25) is 0 Å². The molecule has 2 rings (SSSR count). The van der Waals surface area contributed by atoms with Gasteiger partial charge in [-0.1, -0.05) is 46.3 Å². The van der Waals surface area contributed by atoms with Crippen LogP contribution < -0.4 is 0 Å². The number of aryl methyl sites for hydroxylation is 1. The summed E-state index contributed by atoms with van der Waals surface area (Å²) in [6.07, 6.45) is 7.80. The average molecular weight is 506 g/mol. The van der Waals surface area contributed by atoms with Crippen LogP contribution in [0.3, 0.4) is 0 Å². The van der Waals surface area contributed by atoms with Crippen molar-refractivity contribution in [2.24, 2.45) is 23.7 Å². The third-order valence-electron chi connectivity index (χ3n) is 7.10. The van der Waals surface area contributed by atoms with Crippen LogP contribution >= 0.6 is 11.3 Å². The van der Waals surface area contributed by atoms with E-state index >= 15 is 0 Å². The molecule has 7 atom stereocenters. The van der Waals surface area contributed by atoms with Gasteiger partial charge < -0.3 is 14.9 Å². The van der Waals surface area contributed by atoms with Crippen molar-refractivity contribution in [1.82, 2.24) is 4.98 Å². The number of aliphatic hydroxyl groups excluding tert-OH is 2. The molecule has 0 spiro atoms. The van der Waals surface area contributed by atoms with Gasteiger partial charge in [0.1, 0.15) is 11.9 Å². The number of carbonyl (C=O) groups is 2. The van der Waals surface area contributed by atoms with Gasteiger partial charge in [0, 0.05) is 23.6 Å². The zero-order chi connectivity index (χ0) is 26.1. The van der Waals surface area contributed by atoms with Gasteiger partial charge in [0.2, 0.25) is 0 Å². The Balaban J connectivity index is 2.22. The number of ether oxygens (including phenoxy) is 1. The molecule has 2 N–H and O–H groups in total. The lowest BCUT2D eigenvalue weighted by molar-refractivity contribution is -0.151. The maximum Gasteiger partial charge on any atom is 0.309 e. The summed E-state index contributed by atoms with van der Waals surface area (Å²) in [6.45, 7) is 11.4. The molecule has 35 heavy (non-hydrogen) atoms. The lowest BCUT2D eigenvalue weighted by atomic mass is 9.80. The molecule has 0 bridgehead atoms. The van der Waals surface area contributed by atoms with Crippen LogP contribution in [0.4, 0.5) is 0 Å². The topological polar surface area (TPSA) is 96.7 Å². The van der Waals surface area contributed by atoms with E-state index in [1.54, 1.807) is 25.2 Å². The van der Waals surface area contributed by atoms with Crippen molar-refractivity contribution in [3.8, 4) is 0 Å². The SMILES string of the molecule is C/C(=C\c1csc(C)n1)[C@@H]1C/C=C\CCC[C@@H](C)C[C@H](C)[C@H](O)[C@@H](C)C(=O)[C@H](C)[C@@H](O)CC(=O)O1. The fraction of sp³-hybridized carbons (Fsp3) is 0.679. The number of nitrogens with zero attached hydrogens (tertiary/aromatic N) is 1. The molecule has 0 unspecified atom stereocenters. The first-order chi connectivity index (χ1) is 16.5. The lowest BCUT2D eigenvalue weighted by Crippen LogP contribution is -2.39. The number of aromatic nitrogens is 1. The minimum absolute atomic E-state index is 0.0234. The Labute approximate surface area is 214 Å². The van der Waals surface area contributed by atoms with E-state index in [0.717, 1.165) is 42.0 Å². The Kier molecular flexibility index (Phi) is 11.8. The Morgan fingerprint density at radius 3 is 2.51 bits per heavy atom. The molecular formula is C28H43NO5S. The molecule has 6 nitrogen and oxygen atoms in total. The third kappa shape index (κ3) is 9.28. The number of Topliss-reactive ketones (excluding diaryl/α,β-unsaturated/α-hetero) is 1. The highest BCUT2D eigenvalue weighted by atomic mass is 32.1. The van der Waals surface area contributed by atoms with E-state index in [1.807, 2.05) is 38.3 Å².